The molecule has 2 atom stereocenters. The van der Waals surface area contributed by atoms with Crippen LogP contribution in [0, 0.1) is 16.0 Å². The van der Waals surface area contributed by atoms with Crippen LogP contribution in [0.5, 0.6) is 0 Å². The fraction of sp³-hybridized carbons (Fsp3) is 0.412. The minimum atomic E-state index is -0.919. The van der Waals surface area contributed by atoms with Crippen LogP contribution in [0.25, 0.3) is 10.9 Å². The number of hydrogen-bond acceptors (Lipinski definition) is 4. The highest BCUT2D eigenvalue weighted by Crippen LogP contribution is 2.34. The molecule has 1 aromatic carbocycles. The number of benzene rings is 1. The molecule has 1 amide bonds. The van der Waals surface area contributed by atoms with Crippen LogP contribution in [-0.4, -0.2) is 32.4 Å². The van der Waals surface area contributed by atoms with Gasteiger partial charge in [0.25, 0.3) is 11.6 Å². The van der Waals surface area contributed by atoms with Crippen molar-refractivity contribution in [3.05, 3.63) is 40.1 Å². The van der Waals surface area contributed by atoms with Crippen molar-refractivity contribution in [2.24, 2.45) is 5.92 Å². The summed E-state index contributed by atoms with van der Waals surface area (Å²) in [7, 11) is 0. The molecule has 1 aliphatic carbocycles. The van der Waals surface area contributed by atoms with Crippen LogP contribution in [0.1, 0.15) is 43.0 Å². The number of amides is 1. The molecule has 132 valence electrons. The minimum absolute atomic E-state index is 0.103. The summed E-state index contributed by atoms with van der Waals surface area (Å²) in [5.74, 6) is -2.00. The van der Waals surface area contributed by atoms with Gasteiger partial charge in [-0.1, -0.05) is 12.8 Å². The number of nitrogens with one attached hydrogen (secondary N) is 2. The lowest BCUT2D eigenvalue weighted by molar-refractivity contribution is -0.384. The van der Waals surface area contributed by atoms with Crippen LogP contribution >= 0.6 is 0 Å². The predicted octanol–water partition coefficient (Wildman–Crippen LogP) is 2.84. The lowest BCUT2D eigenvalue weighted by atomic mass is 9.73. The van der Waals surface area contributed by atoms with Crippen molar-refractivity contribution in [1.82, 2.24) is 10.3 Å². The van der Waals surface area contributed by atoms with Gasteiger partial charge in [-0.25, -0.2) is 0 Å². The number of carbonyl (C=O) groups is 2. The van der Waals surface area contributed by atoms with E-state index < -0.39 is 28.3 Å². The fourth-order valence-corrected chi connectivity index (χ4v) is 3.62. The molecule has 2 unspecified atom stereocenters. The molecule has 8 heteroatoms. The Hall–Kier alpha value is -2.90. The average molecular weight is 345 g/mol. The topological polar surface area (TPSA) is 125 Å². The number of carbonyl (C=O) groups excluding carboxylic acids is 1. The number of aromatic amines is 1. The number of non-ortho nitro benzene ring substituents is 1. The number of carboxylic acids is 1. The second-order valence-electron chi connectivity index (χ2n) is 6.70. The van der Waals surface area contributed by atoms with Gasteiger partial charge in [0.05, 0.1) is 21.9 Å². The van der Waals surface area contributed by atoms with E-state index in [9.17, 15) is 24.8 Å². The summed E-state index contributed by atoms with van der Waals surface area (Å²) in [5.41, 5.74) is -0.0618. The van der Waals surface area contributed by atoms with E-state index in [0.29, 0.717) is 23.7 Å². The van der Waals surface area contributed by atoms with E-state index >= 15 is 0 Å². The van der Waals surface area contributed by atoms with Gasteiger partial charge >= 0.3 is 5.97 Å². The summed E-state index contributed by atoms with van der Waals surface area (Å²) in [6.07, 6.45) is 4.26. The molecule has 1 fully saturated rings. The van der Waals surface area contributed by atoms with Gasteiger partial charge in [-0.3, -0.25) is 19.7 Å². The monoisotopic (exact) mass is 345 g/mol. The highest BCUT2D eigenvalue weighted by molar-refractivity contribution is 6.07. The zero-order valence-electron chi connectivity index (χ0n) is 13.7. The molecule has 3 rings (SSSR count). The number of nitro benzene ring substituents is 1. The predicted molar refractivity (Wildman–Crippen MR) is 90.4 cm³/mol. The lowest BCUT2D eigenvalue weighted by Gasteiger charge is -2.39. The number of nitro groups is 1. The Morgan fingerprint density at radius 3 is 2.84 bits per heavy atom. The first kappa shape index (κ1) is 16.9. The zero-order valence-corrected chi connectivity index (χ0v) is 13.7. The molecule has 2 aromatic rings. The smallest absolute Gasteiger partial charge is 0.308 e. The van der Waals surface area contributed by atoms with Gasteiger partial charge in [0.15, 0.2) is 0 Å². The molecule has 8 nitrogen and oxygen atoms in total. The summed E-state index contributed by atoms with van der Waals surface area (Å²) >= 11 is 0. The number of nitrogens with zero attached hydrogens (tertiary/aromatic N) is 1. The lowest BCUT2D eigenvalue weighted by Crippen LogP contribution is -2.55. The molecule has 0 radical (unpaired) electrons. The molecular formula is C17H19N3O5. The first-order valence-corrected chi connectivity index (χ1v) is 8.13. The molecule has 0 spiro atoms. The van der Waals surface area contributed by atoms with E-state index in [-0.39, 0.29) is 11.3 Å². The Balaban J connectivity index is 1.92. The number of carboxylic acid groups (broad SMARTS) is 1. The highest BCUT2D eigenvalue weighted by atomic mass is 16.6. The largest absolute Gasteiger partial charge is 0.481 e. The second-order valence-corrected chi connectivity index (χ2v) is 6.70. The number of aliphatic carboxylic acids is 1. The van der Waals surface area contributed by atoms with E-state index in [1.54, 1.807) is 13.0 Å². The summed E-state index contributed by atoms with van der Waals surface area (Å²) in [5, 5.41) is 23.7. The van der Waals surface area contributed by atoms with Crippen molar-refractivity contribution in [2.75, 3.05) is 0 Å². The molecule has 1 aliphatic rings. The van der Waals surface area contributed by atoms with Crippen molar-refractivity contribution in [2.45, 2.75) is 38.1 Å². The maximum atomic E-state index is 12.7. The number of H-pyrrole nitrogens is 1. The number of fused-ring (bicyclic) bond motifs is 1. The average Bonchev–Trinajstić information content (AvgIpc) is 2.97. The normalized spacial score (nSPS) is 23.3. The standard InChI is InChI=1S/C17H19N3O5/c1-17(7-3-2-4-13(17)16(22)23)19-15(21)12-9-18-14-6-5-10(20(24)25)8-11(12)14/h5-6,8-9,13,18H,2-4,7H2,1H3,(H,19,21)(H,22,23). The van der Waals surface area contributed by atoms with E-state index in [1.165, 1.54) is 18.3 Å². The highest BCUT2D eigenvalue weighted by Gasteiger charge is 2.42. The van der Waals surface area contributed by atoms with E-state index in [1.807, 2.05) is 0 Å². The third-order valence-electron chi connectivity index (χ3n) is 5.03. The van der Waals surface area contributed by atoms with Crippen molar-refractivity contribution in [3.8, 4) is 0 Å². The van der Waals surface area contributed by atoms with Gasteiger partial charge in [0, 0.05) is 29.2 Å². The first-order valence-electron chi connectivity index (χ1n) is 8.13. The Bertz CT molecular complexity index is 859. The van der Waals surface area contributed by atoms with E-state index in [0.717, 1.165) is 12.8 Å². The minimum Gasteiger partial charge on any atom is -0.481 e. The van der Waals surface area contributed by atoms with Crippen LogP contribution < -0.4 is 5.32 Å². The van der Waals surface area contributed by atoms with Gasteiger partial charge in [-0.05, 0) is 25.8 Å². The van der Waals surface area contributed by atoms with Gasteiger partial charge in [-0.15, -0.1) is 0 Å². The molecule has 25 heavy (non-hydrogen) atoms. The maximum absolute atomic E-state index is 12.7. The van der Waals surface area contributed by atoms with Gasteiger partial charge < -0.3 is 15.4 Å². The molecule has 1 heterocycles. The molecule has 0 bridgehead atoms. The number of hydrogen-bond donors (Lipinski definition) is 3. The summed E-state index contributed by atoms with van der Waals surface area (Å²) in [6, 6.07) is 4.26. The summed E-state index contributed by atoms with van der Waals surface area (Å²) in [4.78, 5) is 37.7. The first-order chi connectivity index (χ1) is 11.8. The maximum Gasteiger partial charge on any atom is 0.308 e. The molecule has 0 saturated heterocycles. The fourth-order valence-electron chi connectivity index (χ4n) is 3.62. The van der Waals surface area contributed by atoms with Crippen molar-refractivity contribution >= 4 is 28.5 Å². The molecule has 1 saturated carbocycles. The third-order valence-corrected chi connectivity index (χ3v) is 5.03. The number of rotatable bonds is 4. The Morgan fingerprint density at radius 2 is 2.16 bits per heavy atom. The van der Waals surface area contributed by atoms with Crippen LogP contribution in [0.15, 0.2) is 24.4 Å². The third kappa shape index (κ3) is 3.07. The summed E-state index contributed by atoms with van der Waals surface area (Å²) in [6.45, 7) is 1.75. The SMILES string of the molecule is CC1(NC(=O)c2c[nH]c3ccc([N+](=O)[O-])cc23)CCCCC1C(=O)O. The van der Waals surface area contributed by atoms with E-state index in [2.05, 4.69) is 10.3 Å². The second kappa shape index (κ2) is 6.19. The Morgan fingerprint density at radius 1 is 1.40 bits per heavy atom. The van der Waals surface area contributed by atoms with Crippen LogP contribution in [-0.2, 0) is 4.79 Å². The molecule has 3 N–H and O–H groups in total. The summed E-state index contributed by atoms with van der Waals surface area (Å²) < 4.78 is 0. The Kier molecular flexibility index (Phi) is 4.20. The van der Waals surface area contributed by atoms with Crippen molar-refractivity contribution in [3.63, 3.8) is 0 Å². The molecular weight excluding hydrogens is 326 g/mol. The zero-order chi connectivity index (χ0) is 18.2. The molecule has 0 aliphatic heterocycles. The van der Waals surface area contributed by atoms with Gasteiger partial charge in [0.2, 0.25) is 0 Å². The van der Waals surface area contributed by atoms with Crippen LogP contribution in [0.3, 0.4) is 0 Å². The van der Waals surface area contributed by atoms with Crippen molar-refractivity contribution in [1.29, 1.82) is 0 Å². The van der Waals surface area contributed by atoms with Crippen LogP contribution in [0.4, 0.5) is 5.69 Å². The quantitative estimate of drug-likeness (QED) is 0.580. The van der Waals surface area contributed by atoms with Crippen LogP contribution in [0.2, 0.25) is 0 Å². The van der Waals surface area contributed by atoms with Crippen molar-refractivity contribution < 1.29 is 19.6 Å². The number of aromatic nitrogens is 1. The van der Waals surface area contributed by atoms with Gasteiger partial charge in [0.1, 0.15) is 0 Å². The Labute approximate surface area is 143 Å². The van der Waals surface area contributed by atoms with Gasteiger partial charge in [-0.2, -0.15) is 0 Å². The van der Waals surface area contributed by atoms with E-state index in [4.69, 9.17) is 0 Å². The molecule has 1 aromatic heterocycles.